The van der Waals surface area contributed by atoms with Gasteiger partial charge in [-0.05, 0) is 29.9 Å². The first-order chi connectivity index (χ1) is 13.3. The molecular formula is C22H15F3O3. The summed E-state index contributed by atoms with van der Waals surface area (Å²) in [6.45, 7) is 0. The Hall–Kier alpha value is -3.41. The van der Waals surface area contributed by atoms with Crippen molar-refractivity contribution in [3.63, 3.8) is 0 Å². The molecule has 3 rings (SSSR count). The zero-order valence-corrected chi connectivity index (χ0v) is 14.8. The quantitative estimate of drug-likeness (QED) is 0.728. The molecule has 1 aliphatic rings. The van der Waals surface area contributed by atoms with E-state index in [1.54, 1.807) is 12.1 Å². The van der Waals surface area contributed by atoms with Gasteiger partial charge >= 0.3 is 6.18 Å². The highest BCUT2D eigenvalue weighted by molar-refractivity contribution is 6.18. The minimum absolute atomic E-state index is 0.0664. The van der Waals surface area contributed by atoms with Crippen LogP contribution < -0.4 is 4.74 Å². The molecule has 0 bridgehead atoms. The van der Waals surface area contributed by atoms with Crippen LogP contribution in [0.3, 0.4) is 0 Å². The molecule has 2 aromatic rings. The molecule has 0 spiro atoms. The Balaban J connectivity index is 2.41. The minimum Gasteiger partial charge on any atom is -0.496 e. The number of Topliss-reactive ketones (excluding diaryl/α,β-unsaturated/α-hetero) is 1. The van der Waals surface area contributed by atoms with Crippen LogP contribution in [-0.2, 0) is 4.79 Å². The van der Waals surface area contributed by atoms with E-state index in [1.165, 1.54) is 55.7 Å². The fraction of sp³-hybridized carbons (Fsp3) is 0.0909. The van der Waals surface area contributed by atoms with Gasteiger partial charge in [-0.15, -0.1) is 0 Å². The predicted molar refractivity (Wildman–Crippen MR) is 99.9 cm³/mol. The average molecular weight is 384 g/mol. The summed E-state index contributed by atoms with van der Waals surface area (Å²) < 4.78 is 47.3. The molecule has 0 radical (unpaired) electrons. The van der Waals surface area contributed by atoms with Gasteiger partial charge in [-0.1, -0.05) is 48.5 Å². The summed E-state index contributed by atoms with van der Waals surface area (Å²) in [6.07, 6.45) is -0.385. The number of ether oxygens (including phenoxy) is 1. The number of hydrogen-bond donors (Lipinski definition) is 0. The van der Waals surface area contributed by atoms with E-state index in [9.17, 15) is 22.8 Å². The summed E-state index contributed by atoms with van der Waals surface area (Å²) in [5.41, 5.74) is -1.62. The first kappa shape index (κ1) is 19.4. The Morgan fingerprint density at radius 1 is 0.786 bits per heavy atom. The van der Waals surface area contributed by atoms with E-state index in [2.05, 4.69) is 0 Å². The highest BCUT2D eigenvalue weighted by Crippen LogP contribution is 2.39. The number of carbonyl (C=O) groups excluding carboxylic acids is 2. The highest BCUT2D eigenvalue weighted by Gasteiger charge is 2.42. The molecule has 0 aliphatic heterocycles. The highest BCUT2D eigenvalue weighted by atomic mass is 19.4. The van der Waals surface area contributed by atoms with Crippen molar-refractivity contribution in [2.45, 2.75) is 6.18 Å². The second kappa shape index (κ2) is 7.68. The smallest absolute Gasteiger partial charge is 0.420 e. The fourth-order valence-corrected chi connectivity index (χ4v) is 2.96. The lowest BCUT2D eigenvalue weighted by molar-refractivity contribution is -0.110. The normalized spacial score (nSPS) is 16.0. The molecule has 0 unspecified atom stereocenters. The second-order valence-corrected chi connectivity index (χ2v) is 5.97. The fourth-order valence-electron chi connectivity index (χ4n) is 2.96. The molecule has 3 nitrogen and oxygen atoms in total. The molecule has 0 aromatic heterocycles. The number of hydrogen-bond acceptors (Lipinski definition) is 3. The summed E-state index contributed by atoms with van der Waals surface area (Å²) in [4.78, 5) is 25.1. The second-order valence-electron chi connectivity index (χ2n) is 5.97. The van der Waals surface area contributed by atoms with Crippen molar-refractivity contribution in [1.29, 1.82) is 0 Å². The van der Waals surface area contributed by atoms with Crippen LogP contribution in [0.2, 0.25) is 0 Å². The Morgan fingerprint density at radius 2 is 1.39 bits per heavy atom. The van der Waals surface area contributed by atoms with Crippen LogP contribution >= 0.6 is 0 Å². The van der Waals surface area contributed by atoms with Crippen LogP contribution in [0.5, 0.6) is 5.75 Å². The molecule has 2 aromatic carbocycles. The minimum atomic E-state index is -4.95. The van der Waals surface area contributed by atoms with Gasteiger partial charge in [0.2, 0.25) is 0 Å². The number of allylic oxidation sites excluding steroid dienone is 5. The van der Waals surface area contributed by atoms with Crippen LogP contribution in [-0.4, -0.2) is 24.9 Å². The third-order valence-corrected chi connectivity index (χ3v) is 4.22. The number of benzene rings is 2. The zero-order chi connectivity index (χ0) is 20.3. The van der Waals surface area contributed by atoms with Gasteiger partial charge in [0.25, 0.3) is 0 Å². The molecule has 0 N–H and O–H groups in total. The molecule has 0 atom stereocenters. The summed E-state index contributed by atoms with van der Waals surface area (Å²) in [5.74, 6) is -1.52. The number of ketones is 2. The maximum atomic E-state index is 14.0. The summed E-state index contributed by atoms with van der Waals surface area (Å²) in [6, 6.07) is 11.9. The van der Waals surface area contributed by atoms with Crippen molar-refractivity contribution in [2.24, 2.45) is 0 Å². The molecule has 0 heterocycles. The maximum absolute atomic E-state index is 14.0. The number of carbonyl (C=O) groups is 2. The molecule has 142 valence electrons. The van der Waals surface area contributed by atoms with E-state index in [0.717, 1.165) is 12.2 Å². The standard InChI is InChI=1S/C22H15F3O3/c1-28-19-9-5-4-8-17(19)18-13-12-15(26)11-10-14-6-2-3-7-16(14)21(27)20(18)22(23,24)25/h2-13H,1H3/b11-10-,13-12?,20-18?. The lowest BCUT2D eigenvalue weighted by Gasteiger charge is -2.18. The van der Waals surface area contributed by atoms with Crippen LogP contribution in [0.25, 0.3) is 11.6 Å². The van der Waals surface area contributed by atoms with Gasteiger partial charge in [0.15, 0.2) is 11.6 Å². The van der Waals surface area contributed by atoms with E-state index < -0.39 is 28.9 Å². The molecular weight excluding hydrogens is 369 g/mol. The zero-order valence-electron chi connectivity index (χ0n) is 14.8. The van der Waals surface area contributed by atoms with Crippen molar-refractivity contribution in [3.05, 3.63) is 89.0 Å². The molecule has 0 fully saturated rings. The van der Waals surface area contributed by atoms with Gasteiger partial charge in [-0.3, -0.25) is 9.59 Å². The summed E-state index contributed by atoms with van der Waals surface area (Å²) in [7, 11) is 1.32. The Bertz CT molecular complexity index is 1030. The van der Waals surface area contributed by atoms with Crippen molar-refractivity contribution in [1.82, 2.24) is 0 Å². The first-order valence-electron chi connectivity index (χ1n) is 8.31. The van der Waals surface area contributed by atoms with E-state index in [4.69, 9.17) is 4.74 Å². The van der Waals surface area contributed by atoms with Crippen LogP contribution in [0.4, 0.5) is 13.2 Å². The van der Waals surface area contributed by atoms with Crippen LogP contribution in [0.15, 0.2) is 72.3 Å². The molecule has 1 aliphatic carbocycles. The topological polar surface area (TPSA) is 43.4 Å². The summed E-state index contributed by atoms with van der Waals surface area (Å²) in [5, 5.41) is 0. The SMILES string of the molecule is COc1ccccc1C1=C(C(F)(F)F)C(=O)c2ccccc2/C=C\C(=O)C=C1. The van der Waals surface area contributed by atoms with E-state index >= 15 is 0 Å². The van der Waals surface area contributed by atoms with Gasteiger partial charge in [0.05, 0.1) is 7.11 Å². The average Bonchev–Trinajstić information content (AvgIpc) is 2.68. The number of halogens is 3. The Kier molecular flexibility index (Phi) is 5.31. The third kappa shape index (κ3) is 3.81. The summed E-state index contributed by atoms with van der Waals surface area (Å²) >= 11 is 0. The number of fused-ring (bicyclic) bond motifs is 1. The van der Waals surface area contributed by atoms with Crippen molar-refractivity contribution in [2.75, 3.05) is 7.11 Å². The van der Waals surface area contributed by atoms with Crippen molar-refractivity contribution < 1.29 is 27.5 Å². The predicted octanol–water partition coefficient (Wildman–Crippen LogP) is 5.05. The van der Waals surface area contributed by atoms with Gasteiger partial charge in [-0.25, -0.2) is 0 Å². The number of para-hydroxylation sites is 1. The van der Waals surface area contributed by atoms with Crippen LogP contribution in [0, 0.1) is 0 Å². The van der Waals surface area contributed by atoms with Gasteiger partial charge < -0.3 is 4.74 Å². The first-order valence-corrected chi connectivity index (χ1v) is 8.31. The third-order valence-electron chi connectivity index (χ3n) is 4.22. The molecule has 0 amide bonds. The lowest BCUT2D eigenvalue weighted by Crippen LogP contribution is -2.23. The monoisotopic (exact) mass is 384 g/mol. The van der Waals surface area contributed by atoms with E-state index in [1.807, 2.05) is 0 Å². The van der Waals surface area contributed by atoms with Gasteiger partial charge in [-0.2, -0.15) is 13.2 Å². The number of rotatable bonds is 2. The lowest BCUT2D eigenvalue weighted by atomic mass is 9.89. The molecule has 28 heavy (non-hydrogen) atoms. The van der Waals surface area contributed by atoms with Gasteiger partial charge in [0, 0.05) is 16.7 Å². The largest absolute Gasteiger partial charge is 0.496 e. The van der Waals surface area contributed by atoms with E-state index in [-0.39, 0.29) is 22.4 Å². The Morgan fingerprint density at radius 3 is 2.07 bits per heavy atom. The number of alkyl halides is 3. The van der Waals surface area contributed by atoms with Crippen molar-refractivity contribution >= 4 is 23.2 Å². The van der Waals surface area contributed by atoms with Crippen LogP contribution in [0.1, 0.15) is 21.5 Å². The Labute approximate surface area is 159 Å². The molecule has 0 saturated carbocycles. The molecule has 6 heteroatoms. The maximum Gasteiger partial charge on any atom is 0.420 e. The van der Waals surface area contributed by atoms with Crippen molar-refractivity contribution in [3.8, 4) is 5.75 Å². The number of methoxy groups -OCH3 is 1. The van der Waals surface area contributed by atoms with E-state index in [0.29, 0.717) is 0 Å². The van der Waals surface area contributed by atoms with Gasteiger partial charge in [0.1, 0.15) is 11.3 Å². The molecule has 0 saturated heterocycles.